The lowest BCUT2D eigenvalue weighted by molar-refractivity contribution is 0.0787. The van der Waals surface area contributed by atoms with Gasteiger partial charge in [0, 0.05) is 18.8 Å². The Morgan fingerprint density at radius 2 is 1.96 bits per heavy atom. The minimum Gasteiger partial charge on any atom is -0.494 e. The number of aromatic nitrogens is 2. The molecule has 0 aliphatic rings. The van der Waals surface area contributed by atoms with Crippen molar-refractivity contribution in [2.75, 3.05) is 13.7 Å². The van der Waals surface area contributed by atoms with E-state index in [1.165, 1.54) is 11.3 Å². The van der Waals surface area contributed by atoms with Crippen LogP contribution in [-0.4, -0.2) is 34.4 Å². The van der Waals surface area contributed by atoms with Crippen molar-refractivity contribution in [3.8, 4) is 16.3 Å². The molecule has 0 N–H and O–H groups in total. The van der Waals surface area contributed by atoms with E-state index in [2.05, 4.69) is 9.97 Å². The number of nitrogens with zero attached hydrogens (tertiary/aromatic N) is 3. The van der Waals surface area contributed by atoms with Gasteiger partial charge in [0.2, 0.25) is 0 Å². The molecule has 5 nitrogen and oxygen atoms in total. The molecule has 2 heterocycles. The maximum atomic E-state index is 12.8. The third-order valence-corrected chi connectivity index (χ3v) is 5.07. The van der Waals surface area contributed by atoms with E-state index in [-0.39, 0.29) is 5.91 Å². The number of hydrogen-bond acceptors (Lipinski definition) is 5. The lowest BCUT2D eigenvalue weighted by Gasteiger charge is -2.15. The minimum absolute atomic E-state index is 0.0390. The van der Waals surface area contributed by atoms with Crippen molar-refractivity contribution in [2.24, 2.45) is 0 Å². The summed E-state index contributed by atoms with van der Waals surface area (Å²) in [4.78, 5) is 24.0. The second kappa shape index (κ2) is 8.10. The third kappa shape index (κ3) is 4.08. The number of benzene rings is 1. The number of ether oxygens (including phenoxy) is 1. The molecule has 0 unspecified atom stereocenters. The van der Waals surface area contributed by atoms with Gasteiger partial charge in [0.1, 0.15) is 15.6 Å². The van der Waals surface area contributed by atoms with E-state index in [0.29, 0.717) is 18.0 Å². The van der Waals surface area contributed by atoms with Crippen molar-refractivity contribution >= 4 is 17.2 Å². The molecule has 2 aromatic heterocycles. The molecule has 0 fully saturated rings. The first-order chi connectivity index (χ1) is 12.6. The zero-order chi connectivity index (χ0) is 18.5. The van der Waals surface area contributed by atoms with Crippen molar-refractivity contribution in [2.45, 2.75) is 20.4 Å². The Bertz CT molecular complexity index is 876. The van der Waals surface area contributed by atoms with Crippen LogP contribution in [0.25, 0.3) is 10.6 Å². The number of carbonyl (C=O) groups is 1. The molecule has 3 rings (SSSR count). The molecule has 134 valence electrons. The SMILES string of the molecule is CCOc1ccc(-c2nc(C)c(C(=O)N(C)Cc3ccccn3)s2)cc1. The van der Waals surface area contributed by atoms with Crippen molar-refractivity contribution in [3.05, 3.63) is 64.9 Å². The third-order valence-electron chi connectivity index (χ3n) is 3.88. The average Bonchev–Trinajstić information content (AvgIpc) is 3.04. The Labute approximate surface area is 157 Å². The van der Waals surface area contributed by atoms with Crippen LogP contribution in [-0.2, 0) is 6.54 Å². The van der Waals surface area contributed by atoms with Crippen LogP contribution in [0.4, 0.5) is 0 Å². The van der Waals surface area contributed by atoms with Crippen molar-refractivity contribution in [3.63, 3.8) is 0 Å². The molecule has 0 saturated heterocycles. The smallest absolute Gasteiger partial charge is 0.265 e. The van der Waals surface area contributed by atoms with Crippen LogP contribution in [0.15, 0.2) is 48.7 Å². The van der Waals surface area contributed by atoms with E-state index in [1.807, 2.05) is 56.3 Å². The number of pyridine rings is 1. The van der Waals surface area contributed by atoms with E-state index < -0.39 is 0 Å². The molecule has 1 aromatic carbocycles. The molecular weight excluding hydrogens is 346 g/mol. The number of carbonyl (C=O) groups excluding carboxylic acids is 1. The Balaban J connectivity index is 1.77. The number of amides is 1. The molecule has 0 radical (unpaired) electrons. The zero-order valence-corrected chi connectivity index (χ0v) is 15.9. The lowest BCUT2D eigenvalue weighted by atomic mass is 10.2. The highest BCUT2D eigenvalue weighted by Gasteiger charge is 2.20. The van der Waals surface area contributed by atoms with Gasteiger partial charge in [-0.15, -0.1) is 11.3 Å². The number of rotatable bonds is 6. The molecule has 0 atom stereocenters. The molecule has 3 aromatic rings. The Hall–Kier alpha value is -2.73. The van der Waals surface area contributed by atoms with Gasteiger partial charge in [0.25, 0.3) is 5.91 Å². The maximum Gasteiger partial charge on any atom is 0.265 e. The summed E-state index contributed by atoms with van der Waals surface area (Å²) in [6, 6.07) is 13.5. The number of aryl methyl sites for hydroxylation is 1. The van der Waals surface area contributed by atoms with E-state index in [4.69, 9.17) is 4.74 Å². The largest absolute Gasteiger partial charge is 0.494 e. The highest BCUT2D eigenvalue weighted by molar-refractivity contribution is 7.17. The van der Waals surface area contributed by atoms with Crippen LogP contribution in [0.2, 0.25) is 0 Å². The van der Waals surface area contributed by atoms with Gasteiger partial charge in [0.05, 0.1) is 24.5 Å². The van der Waals surface area contributed by atoms with Crippen LogP contribution in [0.1, 0.15) is 28.0 Å². The fourth-order valence-electron chi connectivity index (χ4n) is 2.56. The van der Waals surface area contributed by atoms with Crippen molar-refractivity contribution in [1.29, 1.82) is 0 Å². The van der Waals surface area contributed by atoms with Crippen LogP contribution in [0, 0.1) is 6.92 Å². The summed E-state index contributed by atoms with van der Waals surface area (Å²) in [6.07, 6.45) is 1.73. The molecule has 1 amide bonds. The molecule has 26 heavy (non-hydrogen) atoms. The lowest BCUT2D eigenvalue weighted by Crippen LogP contribution is -2.26. The maximum absolute atomic E-state index is 12.8. The van der Waals surface area contributed by atoms with Crippen LogP contribution in [0.5, 0.6) is 5.75 Å². The zero-order valence-electron chi connectivity index (χ0n) is 15.1. The normalized spacial score (nSPS) is 10.6. The van der Waals surface area contributed by atoms with Gasteiger partial charge in [-0.3, -0.25) is 9.78 Å². The molecule has 0 aliphatic carbocycles. The fourth-order valence-corrected chi connectivity index (χ4v) is 3.62. The highest BCUT2D eigenvalue weighted by Crippen LogP contribution is 2.30. The predicted molar refractivity (Wildman–Crippen MR) is 103 cm³/mol. The van der Waals surface area contributed by atoms with E-state index >= 15 is 0 Å². The molecule has 0 spiro atoms. The molecule has 6 heteroatoms. The van der Waals surface area contributed by atoms with Crippen molar-refractivity contribution in [1.82, 2.24) is 14.9 Å². The first-order valence-electron chi connectivity index (χ1n) is 8.44. The Kier molecular flexibility index (Phi) is 5.63. The quantitative estimate of drug-likeness (QED) is 0.656. The van der Waals surface area contributed by atoms with Crippen LogP contribution < -0.4 is 4.74 Å². The van der Waals surface area contributed by atoms with Gasteiger partial charge in [-0.25, -0.2) is 4.98 Å². The summed E-state index contributed by atoms with van der Waals surface area (Å²) in [5.41, 5.74) is 2.59. The molecule has 0 saturated carbocycles. The molecule has 0 bridgehead atoms. The van der Waals surface area contributed by atoms with Gasteiger partial charge in [-0.1, -0.05) is 6.07 Å². The number of hydrogen-bond donors (Lipinski definition) is 0. The van der Waals surface area contributed by atoms with Gasteiger partial charge >= 0.3 is 0 Å². The first kappa shape index (κ1) is 18.1. The summed E-state index contributed by atoms with van der Waals surface area (Å²) in [6.45, 7) is 4.93. The molecule has 0 aliphatic heterocycles. The summed E-state index contributed by atoms with van der Waals surface area (Å²) in [5.74, 6) is 0.791. The monoisotopic (exact) mass is 367 g/mol. The highest BCUT2D eigenvalue weighted by atomic mass is 32.1. The summed E-state index contributed by atoms with van der Waals surface area (Å²) in [5, 5.41) is 0.833. The van der Waals surface area contributed by atoms with E-state index in [1.54, 1.807) is 18.1 Å². The van der Waals surface area contributed by atoms with Gasteiger partial charge in [-0.05, 0) is 50.2 Å². The fraction of sp³-hybridized carbons (Fsp3) is 0.250. The van der Waals surface area contributed by atoms with E-state index in [0.717, 1.165) is 27.7 Å². The topological polar surface area (TPSA) is 55.3 Å². The second-order valence-corrected chi connectivity index (χ2v) is 6.87. The predicted octanol–water partition coefficient (Wildman–Crippen LogP) is 4.18. The van der Waals surface area contributed by atoms with Gasteiger partial charge < -0.3 is 9.64 Å². The second-order valence-electron chi connectivity index (χ2n) is 5.87. The van der Waals surface area contributed by atoms with Gasteiger partial charge in [0.15, 0.2) is 0 Å². The first-order valence-corrected chi connectivity index (χ1v) is 9.26. The Morgan fingerprint density at radius 1 is 1.19 bits per heavy atom. The van der Waals surface area contributed by atoms with Crippen LogP contribution in [0.3, 0.4) is 0 Å². The van der Waals surface area contributed by atoms with Gasteiger partial charge in [-0.2, -0.15) is 0 Å². The van der Waals surface area contributed by atoms with E-state index in [9.17, 15) is 4.79 Å². The molecular formula is C20H21N3O2S. The average molecular weight is 367 g/mol. The summed E-state index contributed by atoms with van der Waals surface area (Å²) in [7, 11) is 1.78. The summed E-state index contributed by atoms with van der Waals surface area (Å²) >= 11 is 1.42. The summed E-state index contributed by atoms with van der Waals surface area (Å²) < 4.78 is 5.47. The Morgan fingerprint density at radius 3 is 2.62 bits per heavy atom. The van der Waals surface area contributed by atoms with Crippen LogP contribution >= 0.6 is 11.3 Å². The minimum atomic E-state index is -0.0390. The standard InChI is InChI=1S/C20H21N3O2S/c1-4-25-17-10-8-15(9-11-17)19-22-14(2)18(26-19)20(24)23(3)13-16-7-5-6-12-21-16/h5-12H,4,13H2,1-3H3. The number of thiazole rings is 1. The van der Waals surface area contributed by atoms with Crippen molar-refractivity contribution < 1.29 is 9.53 Å².